The summed E-state index contributed by atoms with van der Waals surface area (Å²) in [6, 6.07) is 0. The van der Waals surface area contributed by atoms with E-state index in [2.05, 4.69) is 6.92 Å². The van der Waals surface area contributed by atoms with Crippen LogP contribution in [0.1, 0.15) is 51.9 Å². The monoisotopic (exact) mass is 312 g/mol. The molecule has 0 bridgehead atoms. The van der Waals surface area contributed by atoms with Crippen LogP contribution in [-0.2, 0) is 9.53 Å². The third kappa shape index (κ3) is 3.75. The van der Waals surface area contributed by atoms with E-state index >= 15 is 0 Å². The number of hydrogen-bond acceptors (Lipinski definition) is 3. The normalized spacial score (nSPS) is 26.1. The van der Waals surface area contributed by atoms with E-state index in [1.165, 1.54) is 19.3 Å². The molecule has 1 amide bonds. The maximum Gasteiger partial charge on any atom is 0.235 e. The van der Waals surface area contributed by atoms with Gasteiger partial charge in [0.15, 0.2) is 0 Å². The molecule has 0 aromatic rings. The van der Waals surface area contributed by atoms with E-state index in [-0.39, 0.29) is 5.91 Å². The Morgan fingerprint density at radius 2 is 2.05 bits per heavy atom. The van der Waals surface area contributed by atoms with E-state index in [4.69, 9.17) is 22.7 Å². The van der Waals surface area contributed by atoms with Crippen LogP contribution in [-0.4, -0.2) is 42.1 Å². The summed E-state index contributed by atoms with van der Waals surface area (Å²) in [5.74, 6) is 0.915. The molecule has 0 saturated carbocycles. The highest BCUT2D eigenvalue weighted by Crippen LogP contribution is 2.34. The molecule has 1 atom stereocenters. The van der Waals surface area contributed by atoms with Crippen molar-refractivity contribution in [3.05, 3.63) is 0 Å². The van der Waals surface area contributed by atoms with Gasteiger partial charge in [0, 0.05) is 26.3 Å². The van der Waals surface area contributed by atoms with Gasteiger partial charge < -0.3 is 15.4 Å². The number of carbonyl (C=O) groups excluding carboxylic acids is 1. The van der Waals surface area contributed by atoms with Crippen molar-refractivity contribution in [2.45, 2.75) is 51.9 Å². The lowest BCUT2D eigenvalue weighted by Crippen LogP contribution is -2.53. The highest BCUT2D eigenvalue weighted by molar-refractivity contribution is 7.80. The molecular weight excluding hydrogens is 284 g/mol. The van der Waals surface area contributed by atoms with Crippen molar-refractivity contribution in [3.8, 4) is 0 Å². The van der Waals surface area contributed by atoms with E-state index in [0.717, 1.165) is 31.8 Å². The molecule has 5 heteroatoms. The Morgan fingerprint density at radius 3 is 2.67 bits per heavy atom. The lowest BCUT2D eigenvalue weighted by atomic mass is 9.78. The minimum Gasteiger partial charge on any atom is -0.392 e. The number of hydrogen-bond donors (Lipinski definition) is 1. The van der Waals surface area contributed by atoms with Crippen molar-refractivity contribution in [1.82, 2.24) is 4.90 Å². The van der Waals surface area contributed by atoms with Crippen LogP contribution in [0.4, 0.5) is 0 Å². The van der Waals surface area contributed by atoms with Gasteiger partial charge in [0.1, 0.15) is 5.41 Å². The van der Waals surface area contributed by atoms with Gasteiger partial charge in [-0.25, -0.2) is 0 Å². The lowest BCUT2D eigenvalue weighted by Gasteiger charge is -2.38. The quantitative estimate of drug-likeness (QED) is 0.810. The summed E-state index contributed by atoms with van der Waals surface area (Å²) < 4.78 is 5.40. The zero-order valence-electron chi connectivity index (χ0n) is 13.1. The summed E-state index contributed by atoms with van der Waals surface area (Å²) >= 11 is 5.25. The molecule has 0 aromatic carbocycles. The second-order valence-corrected chi connectivity index (χ2v) is 6.88. The van der Waals surface area contributed by atoms with Crippen LogP contribution in [0.25, 0.3) is 0 Å². The first-order valence-corrected chi connectivity index (χ1v) is 8.68. The van der Waals surface area contributed by atoms with E-state index in [1.54, 1.807) is 0 Å². The van der Waals surface area contributed by atoms with Gasteiger partial charge in [-0.05, 0) is 38.0 Å². The number of amides is 1. The average molecular weight is 312 g/mol. The fraction of sp³-hybridized carbons (Fsp3) is 0.875. The Bertz CT molecular complexity index is 380. The predicted octanol–water partition coefficient (Wildman–Crippen LogP) is 2.50. The van der Waals surface area contributed by atoms with Crippen molar-refractivity contribution in [2.75, 3.05) is 26.3 Å². The van der Waals surface area contributed by atoms with Crippen molar-refractivity contribution in [2.24, 2.45) is 17.1 Å². The Balaban J connectivity index is 2.05. The Labute approximate surface area is 133 Å². The molecule has 21 heavy (non-hydrogen) atoms. The number of thiocarbonyl (C=S) groups is 1. The average Bonchev–Trinajstić information content (AvgIpc) is 2.73. The molecular formula is C16H28N2O2S. The molecule has 120 valence electrons. The summed E-state index contributed by atoms with van der Waals surface area (Å²) in [5, 5.41) is 0. The standard InChI is InChI=1S/C16H28N2O2S/c1-2-4-13-5-3-9-18(10-6-13)15(19)16(14(17)21)7-11-20-12-8-16/h13H,2-12H2,1H3,(H2,17,21). The molecule has 0 aliphatic carbocycles. The second-order valence-electron chi connectivity index (χ2n) is 6.44. The molecule has 1 unspecified atom stereocenters. The van der Waals surface area contributed by atoms with E-state index in [1.807, 2.05) is 4.90 Å². The number of rotatable bonds is 4. The highest BCUT2D eigenvalue weighted by atomic mass is 32.1. The molecule has 0 spiro atoms. The van der Waals surface area contributed by atoms with Gasteiger partial charge in [0.2, 0.25) is 5.91 Å². The van der Waals surface area contributed by atoms with Gasteiger partial charge in [-0.3, -0.25) is 4.79 Å². The third-order valence-corrected chi connectivity index (χ3v) is 5.45. The summed E-state index contributed by atoms with van der Waals surface area (Å²) in [6.07, 6.45) is 7.22. The van der Waals surface area contributed by atoms with Crippen LogP contribution in [0.5, 0.6) is 0 Å². The fourth-order valence-corrected chi connectivity index (χ4v) is 3.95. The molecule has 2 rings (SSSR count). The number of carbonyl (C=O) groups is 1. The number of likely N-dealkylation sites (tertiary alicyclic amines) is 1. The van der Waals surface area contributed by atoms with Gasteiger partial charge in [0.25, 0.3) is 0 Å². The summed E-state index contributed by atoms with van der Waals surface area (Å²) in [7, 11) is 0. The molecule has 2 saturated heterocycles. The fourth-order valence-electron chi connectivity index (χ4n) is 3.65. The first-order chi connectivity index (χ1) is 10.1. The van der Waals surface area contributed by atoms with Gasteiger partial charge in [0.05, 0.1) is 4.99 Å². The second kappa shape index (κ2) is 7.54. The van der Waals surface area contributed by atoms with Crippen molar-refractivity contribution in [3.63, 3.8) is 0 Å². The predicted molar refractivity (Wildman–Crippen MR) is 88.1 cm³/mol. The summed E-state index contributed by atoms with van der Waals surface area (Å²) in [5.41, 5.74) is 5.30. The molecule has 2 fully saturated rings. The molecule has 0 aromatic heterocycles. The number of ether oxygens (including phenoxy) is 1. The van der Waals surface area contributed by atoms with E-state index in [0.29, 0.717) is 31.0 Å². The van der Waals surface area contributed by atoms with Crippen LogP contribution in [0.3, 0.4) is 0 Å². The molecule has 2 heterocycles. The Hall–Kier alpha value is -0.680. The van der Waals surface area contributed by atoms with E-state index < -0.39 is 5.41 Å². The maximum atomic E-state index is 13.0. The van der Waals surface area contributed by atoms with E-state index in [9.17, 15) is 4.79 Å². The molecule has 2 N–H and O–H groups in total. The zero-order chi connectivity index (χ0) is 15.3. The molecule has 0 radical (unpaired) electrons. The smallest absolute Gasteiger partial charge is 0.235 e. The lowest BCUT2D eigenvalue weighted by molar-refractivity contribution is -0.142. The van der Waals surface area contributed by atoms with Gasteiger partial charge in [-0.1, -0.05) is 32.0 Å². The Morgan fingerprint density at radius 1 is 1.33 bits per heavy atom. The van der Waals surface area contributed by atoms with Crippen LogP contribution in [0.15, 0.2) is 0 Å². The van der Waals surface area contributed by atoms with Crippen LogP contribution < -0.4 is 5.73 Å². The first kappa shape index (κ1) is 16.7. The third-order valence-electron chi connectivity index (χ3n) is 5.06. The largest absolute Gasteiger partial charge is 0.392 e. The van der Waals surface area contributed by atoms with Crippen molar-refractivity contribution in [1.29, 1.82) is 0 Å². The van der Waals surface area contributed by atoms with Crippen LogP contribution in [0, 0.1) is 11.3 Å². The molecule has 4 nitrogen and oxygen atoms in total. The maximum absolute atomic E-state index is 13.0. The van der Waals surface area contributed by atoms with Crippen LogP contribution >= 0.6 is 12.2 Å². The molecule has 2 aliphatic rings. The van der Waals surface area contributed by atoms with Gasteiger partial charge in [-0.2, -0.15) is 0 Å². The summed E-state index contributed by atoms with van der Waals surface area (Å²) in [4.78, 5) is 15.4. The minimum absolute atomic E-state index is 0.149. The van der Waals surface area contributed by atoms with Crippen molar-refractivity contribution < 1.29 is 9.53 Å². The zero-order valence-corrected chi connectivity index (χ0v) is 13.9. The Kier molecular flexibility index (Phi) is 5.99. The minimum atomic E-state index is -0.655. The van der Waals surface area contributed by atoms with Crippen LogP contribution in [0.2, 0.25) is 0 Å². The number of nitrogens with two attached hydrogens (primary N) is 1. The number of nitrogens with zero attached hydrogens (tertiary/aromatic N) is 1. The highest BCUT2D eigenvalue weighted by Gasteiger charge is 2.45. The topological polar surface area (TPSA) is 55.6 Å². The van der Waals surface area contributed by atoms with Gasteiger partial charge in [-0.15, -0.1) is 0 Å². The summed E-state index contributed by atoms with van der Waals surface area (Å²) in [6.45, 7) is 5.10. The SMILES string of the molecule is CCCC1CCCN(C(=O)C2(C(N)=S)CCOCC2)CC1. The van der Waals surface area contributed by atoms with Crippen molar-refractivity contribution >= 4 is 23.1 Å². The molecule has 2 aliphatic heterocycles. The van der Waals surface area contributed by atoms with Gasteiger partial charge >= 0.3 is 0 Å². The first-order valence-electron chi connectivity index (χ1n) is 8.27.